The third-order valence-corrected chi connectivity index (χ3v) is 5.42. The van der Waals surface area contributed by atoms with Gasteiger partial charge >= 0.3 is 0 Å². The number of thioether (sulfide) groups is 1. The topological polar surface area (TPSA) is 57.7 Å². The van der Waals surface area contributed by atoms with Gasteiger partial charge in [0.25, 0.3) is 0 Å². The Morgan fingerprint density at radius 3 is 2.78 bits per heavy atom. The van der Waals surface area contributed by atoms with E-state index in [0.717, 1.165) is 23.4 Å². The van der Waals surface area contributed by atoms with Crippen LogP contribution in [-0.2, 0) is 20.8 Å². The highest BCUT2D eigenvalue weighted by molar-refractivity contribution is 8.13. The molecule has 1 atom stereocenters. The Labute approximate surface area is 140 Å². The van der Waals surface area contributed by atoms with Gasteiger partial charge in [0.05, 0.1) is 0 Å². The number of fused-ring (bicyclic) bond motifs is 1. The highest BCUT2D eigenvalue weighted by Crippen LogP contribution is 2.34. The van der Waals surface area contributed by atoms with E-state index in [2.05, 4.69) is 0 Å². The molecule has 0 aliphatic carbocycles. The number of carbonyl (C=O) groups is 3. The number of rotatable bonds is 3. The molecule has 3 rings (SSSR count). The summed E-state index contributed by atoms with van der Waals surface area (Å²) >= 11 is 1.29. The molecule has 2 heterocycles. The van der Waals surface area contributed by atoms with Crippen molar-refractivity contribution < 1.29 is 14.4 Å². The molecule has 0 aromatic heterocycles. The van der Waals surface area contributed by atoms with Crippen molar-refractivity contribution in [2.75, 3.05) is 28.6 Å². The smallest absolute Gasteiger partial charge is 0.227 e. The van der Waals surface area contributed by atoms with E-state index in [-0.39, 0.29) is 22.8 Å². The molecule has 5 nitrogen and oxygen atoms in total. The van der Waals surface area contributed by atoms with Gasteiger partial charge in [0.2, 0.25) is 11.8 Å². The molecule has 1 aromatic rings. The predicted molar refractivity (Wildman–Crippen MR) is 91.8 cm³/mol. The molecule has 2 amide bonds. The summed E-state index contributed by atoms with van der Waals surface area (Å²) in [5, 5.41) is 0.0951. The number of anilines is 2. The van der Waals surface area contributed by atoms with Gasteiger partial charge in [0.15, 0.2) is 5.12 Å². The first-order valence-electron chi connectivity index (χ1n) is 7.80. The number of nitrogens with zero attached hydrogens (tertiary/aromatic N) is 2. The minimum absolute atomic E-state index is 0.0510. The van der Waals surface area contributed by atoms with Crippen molar-refractivity contribution in [1.29, 1.82) is 0 Å². The Balaban J connectivity index is 1.74. The molecule has 0 saturated carbocycles. The Kier molecular flexibility index (Phi) is 4.43. The molecule has 1 aromatic carbocycles. The van der Waals surface area contributed by atoms with Gasteiger partial charge in [-0.15, -0.1) is 0 Å². The molecule has 6 heteroatoms. The van der Waals surface area contributed by atoms with Crippen molar-refractivity contribution in [3.05, 3.63) is 23.8 Å². The lowest BCUT2D eigenvalue weighted by Crippen LogP contribution is -2.26. The van der Waals surface area contributed by atoms with E-state index in [4.69, 9.17) is 0 Å². The average molecular weight is 332 g/mol. The fraction of sp³-hybridized carbons (Fsp3) is 0.471. The summed E-state index contributed by atoms with van der Waals surface area (Å²) in [5.41, 5.74) is 2.97. The number of hydrogen-bond acceptors (Lipinski definition) is 4. The molecule has 122 valence electrons. The normalized spacial score (nSPS) is 20.1. The monoisotopic (exact) mass is 332 g/mol. The molecule has 0 bridgehead atoms. The van der Waals surface area contributed by atoms with Gasteiger partial charge in [-0.3, -0.25) is 14.4 Å². The van der Waals surface area contributed by atoms with Crippen LogP contribution < -0.4 is 9.80 Å². The Hall–Kier alpha value is -1.82. The Morgan fingerprint density at radius 2 is 2.09 bits per heavy atom. The number of amides is 2. The van der Waals surface area contributed by atoms with E-state index < -0.39 is 0 Å². The summed E-state index contributed by atoms with van der Waals surface area (Å²) in [6, 6.07) is 5.87. The van der Waals surface area contributed by atoms with Crippen LogP contribution >= 0.6 is 11.8 Å². The van der Waals surface area contributed by atoms with Crippen LogP contribution in [0.25, 0.3) is 0 Å². The van der Waals surface area contributed by atoms with Gasteiger partial charge in [0, 0.05) is 50.5 Å². The van der Waals surface area contributed by atoms with Gasteiger partial charge in [-0.2, -0.15) is 0 Å². The molecule has 1 unspecified atom stereocenters. The van der Waals surface area contributed by atoms with E-state index in [1.165, 1.54) is 11.8 Å². The summed E-state index contributed by atoms with van der Waals surface area (Å²) in [5.74, 6) is 1.08. The zero-order valence-electron chi connectivity index (χ0n) is 13.4. The molecule has 0 N–H and O–H groups in total. The van der Waals surface area contributed by atoms with E-state index in [1.807, 2.05) is 23.1 Å². The van der Waals surface area contributed by atoms with Crippen LogP contribution in [0.15, 0.2) is 18.2 Å². The molecule has 0 radical (unpaired) electrons. The van der Waals surface area contributed by atoms with Crippen molar-refractivity contribution in [2.24, 2.45) is 5.92 Å². The summed E-state index contributed by atoms with van der Waals surface area (Å²) in [6.45, 7) is 4.50. The van der Waals surface area contributed by atoms with Crippen LogP contribution in [0.4, 0.5) is 11.4 Å². The van der Waals surface area contributed by atoms with Crippen LogP contribution in [0.5, 0.6) is 0 Å². The zero-order chi connectivity index (χ0) is 16.6. The quantitative estimate of drug-likeness (QED) is 0.852. The van der Waals surface area contributed by atoms with Crippen LogP contribution in [0.1, 0.15) is 25.8 Å². The number of benzene rings is 1. The maximum absolute atomic E-state index is 12.3. The highest BCUT2D eigenvalue weighted by Gasteiger charge is 2.32. The lowest BCUT2D eigenvalue weighted by atomic mass is 10.1. The largest absolute Gasteiger partial charge is 0.312 e. The molecule has 2 aliphatic rings. The number of hydrogen-bond donors (Lipinski definition) is 0. The lowest BCUT2D eigenvalue weighted by Gasteiger charge is -2.19. The molecular formula is C17H20N2O3S. The zero-order valence-corrected chi connectivity index (χ0v) is 14.2. The summed E-state index contributed by atoms with van der Waals surface area (Å²) in [4.78, 5) is 38.5. The maximum atomic E-state index is 12.3. The van der Waals surface area contributed by atoms with Crippen molar-refractivity contribution in [2.45, 2.75) is 26.7 Å². The van der Waals surface area contributed by atoms with Crippen molar-refractivity contribution in [1.82, 2.24) is 0 Å². The van der Waals surface area contributed by atoms with E-state index in [0.29, 0.717) is 25.3 Å². The first-order chi connectivity index (χ1) is 11.0. The molecule has 2 aliphatic heterocycles. The van der Waals surface area contributed by atoms with Gasteiger partial charge < -0.3 is 9.80 Å². The fourth-order valence-corrected chi connectivity index (χ4v) is 3.95. The van der Waals surface area contributed by atoms with E-state index in [9.17, 15) is 14.4 Å². The Morgan fingerprint density at radius 1 is 1.30 bits per heavy atom. The molecule has 0 spiro atoms. The van der Waals surface area contributed by atoms with Crippen LogP contribution in [-0.4, -0.2) is 35.8 Å². The minimum Gasteiger partial charge on any atom is -0.312 e. The maximum Gasteiger partial charge on any atom is 0.227 e. The highest BCUT2D eigenvalue weighted by atomic mass is 32.2. The SMILES string of the molecule is CC(=O)SCC1CC(=O)N(c2ccc3c(c2)CCN3C(C)=O)C1. The molecule has 1 fully saturated rings. The van der Waals surface area contributed by atoms with Crippen LogP contribution in [0, 0.1) is 5.92 Å². The average Bonchev–Trinajstić information content (AvgIpc) is 3.07. The third-order valence-electron chi connectivity index (χ3n) is 4.38. The fourth-order valence-electron chi connectivity index (χ4n) is 3.26. The number of carbonyl (C=O) groups excluding carboxylic acids is 3. The second-order valence-corrected chi connectivity index (χ2v) is 7.31. The standard InChI is InChI=1S/C17H20N2O3S/c1-11(20)18-6-5-14-8-15(3-4-16(14)18)19-9-13(7-17(19)22)10-23-12(2)21/h3-4,8,13H,5-7,9-10H2,1-2H3. The summed E-state index contributed by atoms with van der Waals surface area (Å²) in [6.07, 6.45) is 1.32. The summed E-state index contributed by atoms with van der Waals surface area (Å²) < 4.78 is 0. The van der Waals surface area contributed by atoms with Crippen molar-refractivity contribution in [3.8, 4) is 0 Å². The minimum atomic E-state index is 0.0510. The lowest BCUT2D eigenvalue weighted by molar-refractivity contribution is -0.117. The van der Waals surface area contributed by atoms with E-state index >= 15 is 0 Å². The predicted octanol–water partition coefficient (Wildman–Crippen LogP) is 2.23. The molecule has 1 saturated heterocycles. The first-order valence-corrected chi connectivity index (χ1v) is 8.79. The second-order valence-electron chi connectivity index (χ2n) is 6.11. The van der Waals surface area contributed by atoms with Gasteiger partial charge in [-0.05, 0) is 36.1 Å². The molecular weight excluding hydrogens is 312 g/mol. The van der Waals surface area contributed by atoms with Gasteiger partial charge in [-0.1, -0.05) is 11.8 Å². The van der Waals surface area contributed by atoms with Crippen LogP contribution in [0.3, 0.4) is 0 Å². The van der Waals surface area contributed by atoms with Gasteiger partial charge in [0.1, 0.15) is 0 Å². The van der Waals surface area contributed by atoms with Crippen molar-refractivity contribution >= 4 is 40.1 Å². The van der Waals surface area contributed by atoms with Crippen molar-refractivity contribution in [3.63, 3.8) is 0 Å². The summed E-state index contributed by atoms with van der Waals surface area (Å²) in [7, 11) is 0. The second kappa shape index (κ2) is 6.35. The molecule has 23 heavy (non-hydrogen) atoms. The van der Waals surface area contributed by atoms with Crippen LogP contribution in [0.2, 0.25) is 0 Å². The Bertz CT molecular complexity index is 674. The third kappa shape index (κ3) is 3.27. The first kappa shape index (κ1) is 16.1. The van der Waals surface area contributed by atoms with Gasteiger partial charge in [-0.25, -0.2) is 0 Å². The van der Waals surface area contributed by atoms with E-state index in [1.54, 1.807) is 18.7 Å².